The molecule has 0 aliphatic rings. The first kappa shape index (κ1) is 12.9. The van der Waals surface area contributed by atoms with Gasteiger partial charge in [-0.15, -0.1) is 0 Å². The molecule has 0 bridgehead atoms. The van der Waals surface area contributed by atoms with E-state index in [-0.39, 0.29) is 0 Å². The van der Waals surface area contributed by atoms with Gasteiger partial charge in [-0.25, -0.2) is 0 Å². The van der Waals surface area contributed by atoms with Crippen LogP contribution < -0.4 is 0 Å². The summed E-state index contributed by atoms with van der Waals surface area (Å²) < 4.78 is 0. The predicted octanol–water partition coefficient (Wildman–Crippen LogP) is 2.82. The zero-order valence-electron chi connectivity index (χ0n) is 5.90. The zero-order chi connectivity index (χ0) is 9.72. The van der Waals surface area contributed by atoms with E-state index in [2.05, 4.69) is 31.9 Å². The highest BCUT2D eigenvalue weighted by Crippen LogP contribution is 2.18. The van der Waals surface area contributed by atoms with Crippen LogP contribution in [0, 0.1) is 0 Å². The number of alkyl halides is 2. The standard InChI is InChI=1S/C6H6Br2Cl2O2/c7-3(5(9)11)1-2-4(8)6(10)12/h3-4H,1-2H2. The average molecular weight is 341 g/mol. The minimum absolute atomic E-state index is 0.407. The third-order valence-electron chi connectivity index (χ3n) is 1.17. The van der Waals surface area contributed by atoms with Gasteiger partial charge in [0.2, 0.25) is 10.5 Å². The van der Waals surface area contributed by atoms with Crippen LogP contribution in [0.3, 0.4) is 0 Å². The molecule has 0 aromatic carbocycles. The fourth-order valence-corrected chi connectivity index (χ4v) is 1.27. The summed E-state index contributed by atoms with van der Waals surface area (Å²) in [7, 11) is 0. The molecule has 2 unspecified atom stereocenters. The van der Waals surface area contributed by atoms with E-state index < -0.39 is 20.1 Å². The molecule has 0 aliphatic heterocycles. The second-order valence-corrected chi connectivity index (χ2v) is 5.08. The van der Waals surface area contributed by atoms with E-state index >= 15 is 0 Å². The summed E-state index contributed by atoms with van der Waals surface area (Å²) in [5, 5.41) is -0.923. The van der Waals surface area contributed by atoms with Gasteiger partial charge in [0.05, 0.1) is 9.65 Å². The molecule has 0 aromatic rings. The number of carbonyl (C=O) groups excluding carboxylic acids is 2. The van der Waals surface area contributed by atoms with E-state index in [4.69, 9.17) is 23.2 Å². The lowest BCUT2D eigenvalue weighted by Gasteiger charge is -2.05. The number of hydrogen-bond donors (Lipinski definition) is 0. The fourth-order valence-electron chi connectivity index (χ4n) is 0.520. The van der Waals surface area contributed by atoms with Crippen molar-refractivity contribution in [3.63, 3.8) is 0 Å². The van der Waals surface area contributed by atoms with E-state index in [1.807, 2.05) is 0 Å². The van der Waals surface area contributed by atoms with Crippen molar-refractivity contribution in [2.24, 2.45) is 0 Å². The molecular weight excluding hydrogens is 335 g/mol. The van der Waals surface area contributed by atoms with Gasteiger partial charge in [0.1, 0.15) is 0 Å². The van der Waals surface area contributed by atoms with Crippen molar-refractivity contribution in [1.82, 2.24) is 0 Å². The Hall–Kier alpha value is 0.880. The Bertz CT molecular complexity index is 166. The summed E-state index contributed by atoms with van der Waals surface area (Å²) in [4.78, 5) is 20.2. The van der Waals surface area contributed by atoms with Gasteiger partial charge >= 0.3 is 0 Å². The molecule has 0 rings (SSSR count). The summed E-state index contributed by atoms with van der Waals surface area (Å²) in [6.07, 6.45) is 0.966. The molecule has 6 heteroatoms. The van der Waals surface area contributed by atoms with E-state index in [0.717, 1.165) is 0 Å². The van der Waals surface area contributed by atoms with Gasteiger partial charge in [-0.1, -0.05) is 31.9 Å². The number of halogens is 4. The van der Waals surface area contributed by atoms with Crippen molar-refractivity contribution >= 4 is 65.5 Å². The molecule has 0 saturated carbocycles. The maximum absolute atomic E-state index is 10.5. The first-order valence-corrected chi connectivity index (χ1v) is 5.70. The number of rotatable bonds is 5. The monoisotopic (exact) mass is 338 g/mol. The molecule has 0 N–H and O–H groups in total. The van der Waals surface area contributed by atoms with Crippen LogP contribution in [0.5, 0.6) is 0 Å². The third kappa shape index (κ3) is 5.51. The van der Waals surface area contributed by atoms with Crippen LogP contribution in [0.2, 0.25) is 0 Å². The number of carbonyl (C=O) groups is 2. The highest BCUT2D eigenvalue weighted by Gasteiger charge is 2.17. The minimum atomic E-state index is -0.461. The molecule has 0 amide bonds. The average Bonchev–Trinajstić information content (AvgIpc) is 1.98. The molecule has 2 atom stereocenters. The summed E-state index contributed by atoms with van der Waals surface area (Å²) in [6, 6.07) is 0. The minimum Gasteiger partial charge on any atom is -0.280 e. The molecule has 0 aliphatic carbocycles. The smallest absolute Gasteiger partial charge is 0.235 e. The van der Waals surface area contributed by atoms with E-state index in [1.54, 1.807) is 0 Å². The molecule has 0 saturated heterocycles. The lowest BCUT2D eigenvalue weighted by Crippen LogP contribution is -2.13. The van der Waals surface area contributed by atoms with Crippen molar-refractivity contribution in [3.05, 3.63) is 0 Å². The highest BCUT2D eigenvalue weighted by molar-refractivity contribution is 9.10. The predicted molar refractivity (Wildman–Crippen MR) is 56.4 cm³/mol. The van der Waals surface area contributed by atoms with Crippen LogP contribution in [0.15, 0.2) is 0 Å². The Balaban J connectivity index is 3.68. The first-order valence-electron chi connectivity index (χ1n) is 3.12. The number of hydrogen-bond acceptors (Lipinski definition) is 2. The van der Waals surface area contributed by atoms with Crippen LogP contribution in [0.4, 0.5) is 0 Å². The van der Waals surface area contributed by atoms with Crippen molar-refractivity contribution in [2.45, 2.75) is 22.5 Å². The lowest BCUT2D eigenvalue weighted by molar-refractivity contribution is -0.112. The molecule has 70 valence electrons. The molecular formula is C6H6Br2Cl2O2. The van der Waals surface area contributed by atoms with Gasteiger partial charge in [0, 0.05) is 0 Å². The molecule has 0 fully saturated rings. The second kappa shape index (κ2) is 6.35. The maximum atomic E-state index is 10.5. The van der Waals surface area contributed by atoms with Crippen LogP contribution in [0.1, 0.15) is 12.8 Å². The van der Waals surface area contributed by atoms with Crippen molar-refractivity contribution in [3.8, 4) is 0 Å². The van der Waals surface area contributed by atoms with Gasteiger partial charge in [-0.2, -0.15) is 0 Å². The third-order valence-corrected chi connectivity index (χ3v) is 3.97. The maximum Gasteiger partial charge on any atom is 0.235 e. The van der Waals surface area contributed by atoms with Crippen molar-refractivity contribution < 1.29 is 9.59 Å². The molecule has 0 radical (unpaired) electrons. The Morgan fingerprint density at radius 1 is 1.00 bits per heavy atom. The topological polar surface area (TPSA) is 34.1 Å². The van der Waals surface area contributed by atoms with Gasteiger partial charge in [0.15, 0.2) is 0 Å². The Morgan fingerprint density at radius 3 is 1.42 bits per heavy atom. The normalized spacial score (nSPS) is 15.3. The quantitative estimate of drug-likeness (QED) is 0.569. The fraction of sp³-hybridized carbons (Fsp3) is 0.667. The molecule has 0 aromatic heterocycles. The van der Waals surface area contributed by atoms with Crippen LogP contribution in [0.25, 0.3) is 0 Å². The Labute approximate surface area is 97.2 Å². The van der Waals surface area contributed by atoms with E-state index in [0.29, 0.717) is 12.8 Å². The van der Waals surface area contributed by atoms with Crippen LogP contribution in [-0.2, 0) is 9.59 Å². The molecule has 2 nitrogen and oxygen atoms in total. The van der Waals surface area contributed by atoms with Gasteiger partial charge < -0.3 is 0 Å². The lowest BCUT2D eigenvalue weighted by atomic mass is 10.2. The SMILES string of the molecule is O=C(Cl)C(Br)CCC(Br)C(=O)Cl. The van der Waals surface area contributed by atoms with Crippen molar-refractivity contribution in [1.29, 1.82) is 0 Å². The van der Waals surface area contributed by atoms with Crippen LogP contribution in [-0.4, -0.2) is 20.1 Å². The van der Waals surface area contributed by atoms with Gasteiger partial charge in [-0.3, -0.25) is 9.59 Å². The van der Waals surface area contributed by atoms with E-state index in [9.17, 15) is 9.59 Å². The summed E-state index contributed by atoms with van der Waals surface area (Å²) in [5.41, 5.74) is 0. The van der Waals surface area contributed by atoms with Crippen molar-refractivity contribution in [2.75, 3.05) is 0 Å². The summed E-state index contributed by atoms with van der Waals surface area (Å²) >= 11 is 16.5. The van der Waals surface area contributed by atoms with Gasteiger partial charge in [0.25, 0.3) is 0 Å². The summed E-state index contributed by atoms with van der Waals surface area (Å²) in [6.45, 7) is 0. The second-order valence-electron chi connectivity index (χ2n) is 2.12. The largest absolute Gasteiger partial charge is 0.280 e. The Morgan fingerprint density at radius 2 is 1.25 bits per heavy atom. The Kier molecular flexibility index (Phi) is 6.82. The molecule has 0 heterocycles. The molecule has 0 spiro atoms. The van der Waals surface area contributed by atoms with Crippen LogP contribution >= 0.6 is 55.1 Å². The summed E-state index contributed by atoms with van der Waals surface area (Å²) in [5.74, 6) is 0. The first-order chi connectivity index (χ1) is 5.45. The molecule has 12 heavy (non-hydrogen) atoms. The highest BCUT2D eigenvalue weighted by atomic mass is 79.9. The van der Waals surface area contributed by atoms with E-state index in [1.165, 1.54) is 0 Å². The zero-order valence-corrected chi connectivity index (χ0v) is 10.6. The van der Waals surface area contributed by atoms with Gasteiger partial charge in [-0.05, 0) is 36.0 Å².